The minimum atomic E-state index is -0.511. The Labute approximate surface area is 156 Å². The second-order valence-corrected chi connectivity index (χ2v) is 6.12. The molecule has 3 rings (SSSR count). The lowest BCUT2D eigenvalue weighted by Gasteiger charge is -2.10. The summed E-state index contributed by atoms with van der Waals surface area (Å²) in [4.78, 5) is 16.7. The van der Waals surface area contributed by atoms with Crippen LogP contribution < -0.4 is 4.74 Å². The Morgan fingerprint density at radius 3 is 2.70 bits per heavy atom. The van der Waals surface area contributed by atoms with Gasteiger partial charge in [-0.1, -0.05) is 19.4 Å². The van der Waals surface area contributed by atoms with Gasteiger partial charge in [-0.3, -0.25) is 0 Å². The van der Waals surface area contributed by atoms with Gasteiger partial charge in [-0.25, -0.2) is 18.7 Å². The zero-order valence-electron chi connectivity index (χ0n) is 15.9. The number of aryl methyl sites for hydroxylation is 2. The fourth-order valence-electron chi connectivity index (χ4n) is 3.14. The van der Waals surface area contributed by atoms with Crippen LogP contribution >= 0.6 is 0 Å². The predicted molar refractivity (Wildman–Crippen MR) is 99.6 cm³/mol. The van der Waals surface area contributed by atoms with Crippen LogP contribution in [0, 0.1) is 12.7 Å². The molecular weight excluding hydrogens is 349 g/mol. The summed E-state index contributed by atoms with van der Waals surface area (Å²) >= 11 is 0. The maximum atomic E-state index is 14.7. The molecule has 142 valence electrons. The first-order valence-corrected chi connectivity index (χ1v) is 8.91. The smallest absolute Gasteiger partial charge is 0.357 e. The summed E-state index contributed by atoms with van der Waals surface area (Å²) in [6, 6.07) is 6.31. The first-order chi connectivity index (χ1) is 13.0. The molecule has 27 heavy (non-hydrogen) atoms. The van der Waals surface area contributed by atoms with Crippen LogP contribution in [0.3, 0.4) is 0 Å². The average Bonchev–Trinajstić information content (AvgIpc) is 2.98. The summed E-state index contributed by atoms with van der Waals surface area (Å²) < 4.78 is 26.8. The number of hydrogen-bond donors (Lipinski definition) is 0. The van der Waals surface area contributed by atoms with Gasteiger partial charge in [0.2, 0.25) is 0 Å². The van der Waals surface area contributed by atoms with Crippen molar-refractivity contribution in [2.45, 2.75) is 33.6 Å². The van der Waals surface area contributed by atoms with E-state index in [1.807, 2.05) is 6.92 Å². The molecule has 0 amide bonds. The number of ether oxygens (including phenoxy) is 2. The van der Waals surface area contributed by atoms with Gasteiger partial charge in [0.25, 0.3) is 0 Å². The van der Waals surface area contributed by atoms with E-state index in [1.165, 1.54) is 13.2 Å². The van der Waals surface area contributed by atoms with E-state index in [9.17, 15) is 9.18 Å². The van der Waals surface area contributed by atoms with Gasteiger partial charge in [0.1, 0.15) is 11.6 Å². The highest BCUT2D eigenvalue weighted by atomic mass is 19.1. The van der Waals surface area contributed by atoms with Crippen LogP contribution in [0.2, 0.25) is 0 Å². The Bertz CT molecular complexity index is 998. The fraction of sp³-hybridized carbons (Fsp3) is 0.350. The Balaban J connectivity index is 2.35. The minimum Gasteiger partial charge on any atom is -0.496 e. The van der Waals surface area contributed by atoms with Crippen molar-refractivity contribution in [3.05, 3.63) is 47.2 Å². The molecule has 2 heterocycles. The molecular formula is C20H22FN3O3. The number of esters is 1. The molecule has 0 saturated heterocycles. The summed E-state index contributed by atoms with van der Waals surface area (Å²) in [5.41, 5.74) is 2.80. The summed E-state index contributed by atoms with van der Waals surface area (Å²) in [5, 5.41) is 4.55. The van der Waals surface area contributed by atoms with Gasteiger partial charge in [-0.15, -0.1) is 0 Å². The Hall–Kier alpha value is -2.96. The Morgan fingerprint density at radius 2 is 2.04 bits per heavy atom. The molecule has 0 aliphatic heterocycles. The van der Waals surface area contributed by atoms with E-state index in [4.69, 9.17) is 9.47 Å². The SMILES string of the molecule is CCCc1cc(C(=O)OCC)nc2c(-c3c(F)cccc3OC)c(C)nn12. The van der Waals surface area contributed by atoms with E-state index in [2.05, 4.69) is 10.1 Å². The Kier molecular flexibility index (Phi) is 5.39. The van der Waals surface area contributed by atoms with Crippen LogP contribution in [0.4, 0.5) is 4.39 Å². The number of benzene rings is 1. The van der Waals surface area contributed by atoms with Gasteiger partial charge in [0.05, 0.1) is 30.5 Å². The molecule has 6 nitrogen and oxygen atoms in total. The highest BCUT2D eigenvalue weighted by Crippen LogP contribution is 2.37. The highest BCUT2D eigenvalue weighted by molar-refractivity contribution is 5.90. The van der Waals surface area contributed by atoms with Crippen LogP contribution in [0.5, 0.6) is 5.75 Å². The van der Waals surface area contributed by atoms with E-state index in [0.29, 0.717) is 29.1 Å². The van der Waals surface area contributed by atoms with Crippen molar-refractivity contribution in [1.82, 2.24) is 14.6 Å². The quantitative estimate of drug-likeness (QED) is 0.613. The summed E-state index contributed by atoms with van der Waals surface area (Å²) in [6.45, 7) is 5.81. The highest BCUT2D eigenvalue weighted by Gasteiger charge is 2.23. The monoisotopic (exact) mass is 371 g/mol. The summed E-state index contributed by atoms with van der Waals surface area (Å²) in [5.74, 6) is -0.566. The summed E-state index contributed by atoms with van der Waals surface area (Å²) in [6.07, 6.45) is 1.55. The second kappa shape index (κ2) is 7.73. The molecule has 7 heteroatoms. The molecule has 0 fully saturated rings. The van der Waals surface area contributed by atoms with E-state index in [0.717, 1.165) is 12.1 Å². The normalized spacial score (nSPS) is 11.0. The lowest BCUT2D eigenvalue weighted by molar-refractivity contribution is 0.0519. The van der Waals surface area contributed by atoms with Crippen LogP contribution in [0.1, 0.15) is 42.1 Å². The molecule has 0 aliphatic rings. The van der Waals surface area contributed by atoms with Crippen molar-refractivity contribution >= 4 is 11.6 Å². The average molecular weight is 371 g/mol. The molecule has 0 spiro atoms. The van der Waals surface area contributed by atoms with Crippen molar-refractivity contribution in [2.24, 2.45) is 0 Å². The number of nitrogens with zero attached hydrogens (tertiary/aromatic N) is 3. The van der Waals surface area contributed by atoms with Crippen molar-refractivity contribution in [3.63, 3.8) is 0 Å². The topological polar surface area (TPSA) is 65.7 Å². The number of rotatable bonds is 6. The molecule has 0 bridgehead atoms. The van der Waals surface area contributed by atoms with Gasteiger partial charge < -0.3 is 9.47 Å². The Morgan fingerprint density at radius 1 is 1.26 bits per heavy atom. The lowest BCUT2D eigenvalue weighted by atomic mass is 10.0. The number of carbonyl (C=O) groups excluding carboxylic acids is 1. The number of carbonyl (C=O) groups is 1. The first kappa shape index (κ1) is 18.8. The fourth-order valence-corrected chi connectivity index (χ4v) is 3.14. The molecule has 0 unspecified atom stereocenters. The molecule has 0 N–H and O–H groups in total. The molecule has 0 atom stereocenters. The van der Waals surface area contributed by atoms with Gasteiger partial charge in [0.15, 0.2) is 11.3 Å². The van der Waals surface area contributed by atoms with Crippen LogP contribution in [-0.4, -0.2) is 34.3 Å². The van der Waals surface area contributed by atoms with E-state index < -0.39 is 11.8 Å². The molecule has 0 saturated carbocycles. The zero-order valence-corrected chi connectivity index (χ0v) is 15.9. The molecule has 0 radical (unpaired) electrons. The number of hydrogen-bond acceptors (Lipinski definition) is 5. The molecule has 1 aromatic carbocycles. The van der Waals surface area contributed by atoms with Gasteiger partial charge >= 0.3 is 5.97 Å². The number of aromatic nitrogens is 3. The minimum absolute atomic E-state index is 0.184. The molecule has 0 aliphatic carbocycles. The van der Waals surface area contributed by atoms with E-state index in [-0.39, 0.29) is 17.9 Å². The van der Waals surface area contributed by atoms with Crippen molar-refractivity contribution in [1.29, 1.82) is 0 Å². The van der Waals surface area contributed by atoms with Crippen LogP contribution in [0.15, 0.2) is 24.3 Å². The maximum Gasteiger partial charge on any atom is 0.357 e. The predicted octanol–water partition coefficient (Wildman–Crippen LogP) is 3.98. The number of methoxy groups -OCH3 is 1. The number of halogens is 1. The van der Waals surface area contributed by atoms with Gasteiger partial charge in [0, 0.05) is 5.69 Å². The lowest BCUT2D eigenvalue weighted by Crippen LogP contribution is -2.11. The van der Waals surface area contributed by atoms with E-state index in [1.54, 1.807) is 36.6 Å². The maximum absolute atomic E-state index is 14.7. The first-order valence-electron chi connectivity index (χ1n) is 8.91. The third kappa shape index (κ3) is 3.37. The van der Waals surface area contributed by atoms with Crippen LogP contribution in [-0.2, 0) is 11.2 Å². The van der Waals surface area contributed by atoms with E-state index >= 15 is 0 Å². The van der Waals surface area contributed by atoms with Crippen molar-refractivity contribution in [2.75, 3.05) is 13.7 Å². The zero-order chi connectivity index (χ0) is 19.6. The second-order valence-electron chi connectivity index (χ2n) is 6.12. The van der Waals surface area contributed by atoms with Crippen LogP contribution in [0.25, 0.3) is 16.8 Å². The molecule has 2 aromatic heterocycles. The number of fused-ring (bicyclic) bond motifs is 1. The standard InChI is InChI=1S/C20H22FN3O3/c1-5-8-13-11-15(20(25)27-6-2)22-19-17(12(3)23-24(13)19)18-14(21)9-7-10-16(18)26-4/h7,9-11H,5-6,8H2,1-4H3. The molecule has 3 aromatic rings. The van der Waals surface area contributed by atoms with Gasteiger partial charge in [-0.05, 0) is 38.5 Å². The largest absolute Gasteiger partial charge is 0.496 e. The third-order valence-corrected chi connectivity index (χ3v) is 4.27. The third-order valence-electron chi connectivity index (χ3n) is 4.27. The summed E-state index contributed by atoms with van der Waals surface area (Å²) in [7, 11) is 1.49. The van der Waals surface area contributed by atoms with Crippen molar-refractivity contribution < 1.29 is 18.7 Å². The van der Waals surface area contributed by atoms with Crippen molar-refractivity contribution in [3.8, 4) is 16.9 Å². The van der Waals surface area contributed by atoms with Gasteiger partial charge in [-0.2, -0.15) is 5.10 Å².